The number of aromatic nitrogens is 1. The van der Waals surface area contributed by atoms with Crippen molar-refractivity contribution in [3.8, 4) is 0 Å². The highest BCUT2D eigenvalue weighted by Gasteiger charge is 2.39. The molecule has 0 N–H and O–H groups in total. The van der Waals surface area contributed by atoms with Gasteiger partial charge in [0.25, 0.3) is 11.8 Å². The van der Waals surface area contributed by atoms with Crippen LogP contribution in [-0.2, 0) is 0 Å². The minimum Gasteiger partial charge on any atom is -0.336 e. The fourth-order valence-corrected chi connectivity index (χ4v) is 4.81. The van der Waals surface area contributed by atoms with Crippen molar-refractivity contribution in [1.29, 1.82) is 0 Å². The molecule has 7 heteroatoms. The fourth-order valence-electron chi connectivity index (χ4n) is 3.96. The van der Waals surface area contributed by atoms with Crippen LogP contribution in [0.1, 0.15) is 49.5 Å². The Kier molecular flexibility index (Phi) is 4.78. The van der Waals surface area contributed by atoms with Gasteiger partial charge in [-0.2, -0.15) is 0 Å². The number of fused-ring (bicyclic) bond motifs is 4. The normalized spacial score (nSPS) is 21.8. The van der Waals surface area contributed by atoms with E-state index < -0.39 is 0 Å². The third kappa shape index (κ3) is 3.51. The lowest BCUT2D eigenvalue weighted by Crippen LogP contribution is -2.47. The van der Waals surface area contributed by atoms with Gasteiger partial charge in [-0.1, -0.05) is 0 Å². The van der Waals surface area contributed by atoms with E-state index >= 15 is 0 Å². The molecule has 2 bridgehead atoms. The highest BCUT2D eigenvalue weighted by atomic mass is 32.1. The monoisotopic (exact) mass is 383 g/mol. The highest BCUT2D eigenvalue weighted by Crippen LogP contribution is 2.31. The van der Waals surface area contributed by atoms with Crippen LogP contribution in [0.15, 0.2) is 36.7 Å². The van der Waals surface area contributed by atoms with Crippen LogP contribution in [0.25, 0.3) is 0 Å². The quantitative estimate of drug-likeness (QED) is 0.764. The van der Waals surface area contributed by atoms with E-state index in [2.05, 4.69) is 4.98 Å². The zero-order chi connectivity index (χ0) is 19.0. The van der Waals surface area contributed by atoms with Crippen LogP contribution < -0.4 is 0 Å². The van der Waals surface area contributed by atoms with Crippen LogP contribution in [0.5, 0.6) is 0 Å². The average molecular weight is 383 g/mol. The lowest BCUT2D eigenvalue weighted by molar-refractivity contribution is 0.0579. The number of hydrogen-bond donors (Lipinski definition) is 0. The van der Waals surface area contributed by atoms with Gasteiger partial charge < -0.3 is 9.80 Å². The number of hydrogen-bond acceptors (Lipinski definition) is 5. The topological polar surface area (TPSA) is 70.6 Å². The first kappa shape index (κ1) is 17.9. The lowest BCUT2D eigenvalue weighted by Gasteiger charge is -2.35. The number of carbonyl (C=O) groups is 3. The number of nitrogens with zero attached hydrogens (tertiary/aromatic N) is 3. The smallest absolute Gasteiger partial charge is 0.264 e. The molecule has 3 fully saturated rings. The van der Waals surface area contributed by atoms with E-state index in [1.165, 1.54) is 18.3 Å². The van der Waals surface area contributed by atoms with E-state index in [4.69, 9.17) is 0 Å². The summed E-state index contributed by atoms with van der Waals surface area (Å²) >= 11 is 1.25. The van der Waals surface area contributed by atoms with Crippen LogP contribution >= 0.6 is 11.3 Å². The van der Waals surface area contributed by atoms with Crippen molar-refractivity contribution in [3.05, 3.63) is 52.0 Å². The highest BCUT2D eigenvalue weighted by molar-refractivity contribution is 7.15. The van der Waals surface area contributed by atoms with Gasteiger partial charge in [0.1, 0.15) is 0 Å². The Morgan fingerprint density at radius 1 is 0.963 bits per heavy atom. The number of thiophene rings is 1. The summed E-state index contributed by atoms with van der Waals surface area (Å²) in [6.45, 7) is 3.40. The minimum absolute atomic E-state index is 0.00131. The first-order valence-electron chi connectivity index (χ1n) is 9.14. The van der Waals surface area contributed by atoms with Crippen molar-refractivity contribution in [2.24, 2.45) is 5.92 Å². The van der Waals surface area contributed by atoms with Crippen molar-refractivity contribution in [2.45, 2.75) is 25.8 Å². The lowest BCUT2D eigenvalue weighted by atomic mass is 9.95. The molecule has 2 aromatic heterocycles. The first-order chi connectivity index (χ1) is 13.0. The Morgan fingerprint density at radius 3 is 2.41 bits per heavy atom. The first-order valence-corrected chi connectivity index (χ1v) is 9.95. The molecule has 0 unspecified atom stereocenters. The van der Waals surface area contributed by atoms with E-state index in [0.717, 1.165) is 12.8 Å². The molecule has 3 aliphatic heterocycles. The molecular formula is C20H21N3O3S. The maximum absolute atomic E-state index is 13.0. The molecule has 5 rings (SSSR count). The predicted octanol–water partition coefficient (Wildman–Crippen LogP) is 2.72. The molecule has 3 saturated heterocycles. The summed E-state index contributed by atoms with van der Waals surface area (Å²) in [4.78, 5) is 46.4. The Labute approximate surface area is 161 Å². The van der Waals surface area contributed by atoms with Gasteiger partial charge in [0, 0.05) is 43.6 Å². The Balaban J connectivity index is 1.53. The van der Waals surface area contributed by atoms with E-state index in [1.807, 2.05) is 9.80 Å². The molecule has 2 aromatic rings. The second kappa shape index (κ2) is 7.23. The summed E-state index contributed by atoms with van der Waals surface area (Å²) < 4.78 is 0. The second-order valence-electron chi connectivity index (χ2n) is 7.22. The Bertz CT molecular complexity index is 880. The molecule has 2 atom stereocenters. The molecule has 3 aliphatic rings. The summed E-state index contributed by atoms with van der Waals surface area (Å²) in [5.74, 6) is 0.232. The van der Waals surface area contributed by atoms with Gasteiger partial charge in [-0.05, 0) is 49.9 Å². The molecule has 0 aromatic carbocycles. The zero-order valence-electron chi connectivity index (χ0n) is 15.1. The van der Waals surface area contributed by atoms with E-state index in [1.54, 1.807) is 36.7 Å². The molecule has 2 amide bonds. The summed E-state index contributed by atoms with van der Waals surface area (Å²) in [6.07, 6.45) is 5.18. The van der Waals surface area contributed by atoms with Crippen LogP contribution in [0.3, 0.4) is 0 Å². The molecule has 0 aliphatic carbocycles. The summed E-state index contributed by atoms with van der Waals surface area (Å²) in [5, 5.41) is 0. The van der Waals surface area contributed by atoms with Crippen LogP contribution in [0, 0.1) is 5.92 Å². The van der Waals surface area contributed by atoms with Gasteiger partial charge in [-0.3, -0.25) is 19.4 Å². The van der Waals surface area contributed by atoms with E-state index in [-0.39, 0.29) is 29.6 Å². The Morgan fingerprint density at radius 2 is 1.70 bits per heavy atom. The van der Waals surface area contributed by atoms with Crippen LogP contribution in [0.4, 0.5) is 0 Å². The number of Topliss-reactive ketones (excluding diaryl/α,β-unsaturated/α-hetero) is 1. The molecule has 5 heterocycles. The number of rotatable bonds is 3. The van der Waals surface area contributed by atoms with Crippen LogP contribution in [-0.4, -0.2) is 58.1 Å². The maximum Gasteiger partial charge on any atom is 0.264 e. The molecule has 0 radical (unpaired) electrons. The van der Waals surface area contributed by atoms with Gasteiger partial charge in [-0.25, -0.2) is 0 Å². The largest absolute Gasteiger partial charge is 0.336 e. The van der Waals surface area contributed by atoms with E-state index in [0.29, 0.717) is 35.0 Å². The summed E-state index contributed by atoms with van der Waals surface area (Å²) in [7, 11) is 0. The molecule has 0 saturated carbocycles. The molecular weight excluding hydrogens is 362 g/mol. The standard InChI is InChI=1S/C20H21N3O3S/c1-13(24)17-4-5-18(27-17)20(26)23-11-14-2-3-16(23)12-22(10-14)19(25)15-6-8-21-9-7-15/h4-9,14,16H,2-3,10-12H2,1H3/t14-,16+/m0/s1. The van der Waals surface area contributed by atoms with Crippen molar-refractivity contribution in [1.82, 2.24) is 14.8 Å². The van der Waals surface area contributed by atoms with Gasteiger partial charge in [0.05, 0.1) is 9.75 Å². The molecule has 0 spiro atoms. The second-order valence-corrected chi connectivity index (χ2v) is 8.30. The van der Waals surface area contributed by atoms with Gasteiger partial charge in [-0.15, -0.1) is 11.3 Å². The SMILES string of the molecule is CC(=O)c1ccc(C(=O)N2C[C@H]3CC[C@@H]2CN(C(=O)c2ccncc2)C3)s1. The van der Waals surface area contributed by atoms with Crippen molar-refractivity contribution in [2.75, 3.05) is 19.6 Å². The van der Waals surface area contributed by atoms with Crippen molar-refractivity contribution < 1.29 is 14.4 Å². The summed E-state index contributed by atoms with van der Waals surface area (Å²) in [6, 6.07) is 6.93. The fraction of sp³-hybridized carbons (Fsp3) is 0.400. The third-order valence-corrected chi connectivity index (χ3v) is 6.53. The number of piperidine rings is 1. The molecule has 140 valence electrons. The number of carbonyl (C=O) groups excluding carboxylic acids is 3. The Hall–Kier alpha value is -2.54. The average Bonchev–Trinajstić information content (AvgIpc) is 3.01. The van der Waals surface area contributed by atoms with Gasteiger partial charge >= 0.3 is 0 Å². The minimum atomic E-state index is -0.0274. The third-order valence-electron chi connectivity index (χ3n) is 5.35. The van der Waals surface area contributed by atoms with Crippen molar-refractivity contribution >= 4 is 28.9 Å². The van der Waals surface area contributed by atoms with Gasteiger partial charge in [0.15, 0.2) is 5.78 Å². The van der Waals surface area contributed by atoms with Gasteiger partial charge in [0.2, 0.25) is 0 Å². The number of ketones is 1. The van der Waals surface area contributed by atoms with E-state index in [9.17, 15) is 14.4 Å². The zero-order valence-corrected chi connectivity index (χ0v) is 15.9. The van der Waals surface area contributed by atoms with Crippen molar-refractivity contribution in [3.63, 3.8) is 0 Å². The van der Waals surface area contributed by atoms with Crippen LogP contribution in [0.2, 0.25) is 0 Å². The molecule has 27 heavy (non-hydrogen) atoms. The maximum atomic E-state index is 13.0. The predicted molar refractivity (Wildman–Crippen MR) is 102 cm³/mol. The number of amides is 2. The number of pyridine rings is 1. The summed E-state index contributed by atoms with van der Waals surface area (Å²) in [5.41, 5.74) is 0.633. The molecule has 6 nitrogen and oxygen atoms in total.